The average molecular weight is 246 g/mol. The average Bonchev–Trinajstić information content (AvgIpc) is 2.70. The lowest BCUT2D eigenvalue weighted by atomic mass is 10.1. The third-order valence-electron chi connectivity index (χ3n) is 2.92. The molecule has 1 heterocycles. The van der Waals surface area contributed by atoms with Crippen molar-refractivity contribution in [2.75, 3.05) is 13.7 Å². The van der Waals surface area contributed by atoms with Gasteiger partial charge in [0.25, 0.3) is 0 Å². The van der Waals surface area contributed by atoms with Gasteiger partial charge in [-0.3, -0.25) is 0 Å². The van der Waals surface area contributed by atoms with Crippen LogP contribution in [0, 0.1) is 13.8 Å². The first kappa shape index (κ1) is 12.6. The number of methoxy groups -OCH3 is 1. The van der Waals surface area contributed by atoms with Crippen molar-refractivity contribution in [3.05, 3.63) is 41.5 Å². The zero-order chi connectivity index (χ0) is 13.1. The molecule has 1 atom stereocenters. The Kier molecular flexibility index (Phi) is 3.62. The summed E-state index contributed by atoms with van der Waals surface area (Å²) in [5.41, 5.74) is 6.92. The summed E-state index contributed by atoms with van der Waals surface area (Å²) in [5, 5.41) is 4.40. The molecule has 0 spiro atoms. The van der Waals surface area contributed by atoms with E-state index in [0.717, 1.165) is 23.0 Å². The molecule has 0 aliphatic heterocycles. The summed E-state index contributed by atoms with van der Waals surface area (Å²) >= 11 is 0. The summed E-state index contributed by atoms with van der Waals surface area (Å²) in [5.74, 6) is 2.43. The van der Waals surface area contributed by atoms with E-state index in [4.69, 9.17) is 10.5 Å². The van der Waals surface area contributed by atoms with Crippen LogP contribution in [0.4, 0.5) is 0 Å². The molecule has 0 fully saturated rings. The highest BCUT2D eigenvalue weighted by Crippen LogP contribution is 2.27. The van der Waals surface area contributed by atoms with Crippen LogP contribution in [0.15, 0.2) is 24.3 Å². The van der Waals surface area contributed by atoms with Crippen LogP contribution >= 0.6 is 0 Å². The van der Waals surface area contributed by atoms with Crippen molar-refractivity contribution < 1.29 is 4.74 Å². The minimum atomic E-state index is -0.0534. The molecule has 1 unspecified atom stereocenters. The van der Waals surface area contributed by atoms with E-state index in [9.17, 15) is 0 Å². The Hall–Kier alpha value is -1.88. The van der Waals surface area contributed by atoms with E-state index >= 15 is 0 Å². The van der Waals surface area contributed by atoms with Gasteiger partial charge >= 0.3 is 0 Å². The second-order valence-corrected chi connectivity index (χ2v) is 4.14. The summed E-state index contributed by atoms with van der Waals surface area (Å²) < 4.78 is 7.23. The van der Waals surface area contributed by atoms with Crippen LogP contribution in [-0.4, -0.2) is 28.4 Å². The normalized spacial score (nSPS) is 12.4. The number of aryl methyl sites for hydroxylation is 2. The molecule has 5 heteroatoms. The van der Waals surface area contributed by atoms with Crippen molar-refractivity contribution in [3.8, 4) is 5.75 Å². The lowest BCUT2D eigenvalue weighted by Gasteiger charge is -2.19. The van der Waals surface area contributed by atoms with E-state index in [1.807, 2.05) is 42.8 Å². The van der Waals surface area contributed by atoms with Gasteiger partial charge in [-0.05, 0) is 19.9 Å². The van der Waals surface area contributed by atoms with Gasteiger partial charge in [0.2, 0.25) is 0 Å². The van der Waals surface area contributed by atoms with Gasteiger partial charge in [0.15, 0.2) is 0 Å². The summed E-state index contributed by atoms with van der Waals surface area (Å²) in [6.45, 7) is 4.25. The van der Waals surface area contributed by atoms with E-state index in [0.29, 0.717) is 6.54 Å². The lowest BCUT2D eigenvalue weighted by Crippen LogP contribution is -2.23. The van der Waals surface area contributed by atoms with Gasteiger partial charge in [-0.25, -0.2) is 9.67 Å². The number of ether oxygens (including phenoxy) is 1. The van der Waals surface area contributed by atoms with Gasteiger partial charge in [-0.1, -0.05) is 18.2 Å². The number of hydrogen-bond donors (Lipinski definition) is 1. The molecule has 18 heavy (non-hydrogen) atoms. The second-order valence-electron chi connectivity index (χ2n) is 4.14. The number of aromatic nitrogens is 3. The Morgan fingerprint density at radius 3 is 2.61 bits per heavy atom. The first-order valence-corrected chi connectivity index (χ1v) is 5.90. The molecule has 0 saturated carbocycles. The van der Waals surface area contributed by atoms with Crippen LogP contribution in [0.2, 0.25) is 0 Å². The number of para-hydroxylation sites is 1. The van der Waals surface area contributed by atoms with E-state index in [-0.39, 0.29) is 6.04 Å². The van der Waals surface area contributed by atoms with Crippen molar-refractivity contribution >= 4 is 0 Å². The van der Waals surface area contributed by atoms with Crippen LogP contribution in [0.3, 0.4) is 0 Å². The third kappa shape index (κ3) is 2.22. The zero-order valence-electron chi connectivity index (χ0n) is 10.9. The number of benzene rings is 1. The molecule has 0 aliphatic rings. The fourth-order valence-electron chi connectivity index (χ4n) is 2.13. The summed E-state index contributed by atoms with van der Waals surface area (Å²) in [6, 6.07) is 7.79. The first-order chi connectivity index (χ1) is 8.67. The predicted molar refractivity (Wildman–Crippen MR) is 69.7 cm³/mol. The highest BCUT2D eigenvalue weighted by Gasteiger charge is 2.19. The quantitative estimate of drug-likeness (QED) is 0.886. The van der Waals surface area contributed by atoms with Crippen molar-refractivity contribution in [3.63, 3.8) is 0 Å². The van der Waals surface area contributed by atoms with Gasteiger partial charge in [-0.2, -0.15) is 5.10 Å². The Balaban J connectivity index is 2.48. The molecule has 5 nitrogen and oxygen atoms in total. The maximum absolute atomic E-state index is 5.89. The molecule has 0 bridgehead atoms. The van der Waals surface area contributed by atoms with E-state index in [2.05, 4.69) is 10.1 Å². The molecule has 2 N–H and O–H groups in total. The molecule has 96 valence electrons. The Labute approximate surface area is 107 Å². The molecule has 0 amide bonds. The number of hydrogen-bond acceptors (Lipinski definition) is 4. The van der Waals surface area contributed by atoms with Gasteiger partial charge in [0.05, 0.1) is 13.2 Å². The predicted octanol–water partition coefficient (Wildman–Crippen LogP) is 1.45. The fraction of sp³-hybridized carbons (Fsp3) is 0.385. The van der Waals surface area contributed by atoms with Gasteiger partial charge in [0.1, 0.15) is 17.4 Å². The van der Waals surface area contributed by atoms with E-state index in [1.54, 1.807) is 7.11 Å². The summed E-state index contributed by atoms with van der Waals surface area (Å²) in [6.07, 6.45) is 0. The monoisotopic (exact) mass is 246 g/mol. The second kappa shape index (κ2) is 5.18. The lowest BCUT2D eigenvalue weighted by molar-refractivity contribution is 0.396. The van der Waals surface area contributed by atoms with Gasteiger partial charge in [0, 0.05) is 12.1 Å². The highest BCUT2D eigenvalue weighted by atomic mass is 16.5. The highest BCUT2D eigenvalue weighted by molar-refractivity contribution is 5.36. The van der Waals surface area contributed by atoms with E-state index < -0.39 is 0 Å². The van der Waals surface area contributed by atoms with Crippen molar-refractivity contribution in [1.82, 2.24) is 14.8 Å². The number of nitrogens with zero attached hydrogens (tertiary/aromatic N) is 3. The molecular formula is C13H18N4O. The minimum absolute atomic E-state index is 0.0534. The Morgan fingerprint density at radius 2 is 2.06 bits per heavy atom. The Morgan fingerprint density at radius 1 is 1.33 bits per heavy atom. The molecule has 2 rings (SSSR count). The molecule has 0 saturated heterocycles. The number of rotatable bonds is 4. The van der Waals surface area contributed by atoms with Gasteiger partial charge in [-0.15, -0.1) is 0 Å². The largest absolute Gasteiger partial charge is 0.496 e. The molecule has 0 aliphatic carbocycles. The van der Waals surface area contributed by atoms with Crippen LogP contribution in [-0.2, 0) is 0 Å². The van der Waals surface area contributed by atoms with Crippen LogP contribution in [0.1, 0.15) is 23.3 Å². The van der Waals surface area contributed by atoms with Crippen molar-refractivity contribution in [2.24, 2.45) is 5.73 Å². The zero-order valence-corrected chi connectivity index (χ0v) is 10.9. The maximum atomic E-state index is 5.89. The molecule has 1 aromatic carbocycles. The summed E-state index contributed by atoms with van der Waals surface area (Å²) in [4.78, 5) is 4.32. The topological polar surface area (TPSA) is 66.0 Å². The number of nitrogens with two attached hydrogens (primary N) is 1. The van der Waals surface area contributed by atoms with Crippen molar-refractivity contribution in [1.29, 1.82) is 0 Å². The Bertz CT molecular complexity index is 536. The molecule has 2 aromatic rings. The minimum Gasteiger partial charge on any atom is -0.496 e. The van der Waals surface area contributed by atoms with Crippen LogP contribution in [0.5, 0.6) is 5.75 Å². The maximum Gasteiger partial charge on any atom is 0.147 e. The van der Waals surface area contributed by atoms with Gasteiger partial charge < -0.3 is 10.5 Å². The standard InChI is InChI=1S/C13H18N4O/c1-9-15-10(2)17(16-9)12(8-14)11-6-4-5-7-13(11)18-3/h4-7,12H,8,14H2,1-3H3. The van der Waals surface area contributed by atoms with E-state index in [1.165, 1.54) is 0 Å². The SMILES string of the molecule is COc1ccccc1C(CN)n1nc(C)nc1C. The molecule has 1 aromatic heterocycles. The van der Waals surface area contributed by atoms with Crippen LogP contribution < -0.4 is 10.5 Å². The molecular weight excluding hydrogens is 228 g/mol. The summed E-state index contributed by atoms with van der Waals surface area (Å²) in [7, 11) is 1.66. The third-order valence-corrected chi connectivity index (χ3v) is 2.92. The van der Waals surface area contributed by atoms with Crippen molar-refractivity contribution in [2.45, 2.75) is 19.9 Å². The molecule has 0 radical (unpaired) electrons. The van der Waals surface area contributed by atoms with Crippen LogP contribution in [0.25, 0.3) is 0 Å². The smallest absolute Gasteiger partial charge is 0.147 e. The fourth-order valence-corrected chi connectivity index (χ4v) is 2.13. The first-order valence-electron chi connectivity index (χ1n) is 5.90.